The number of aryl methyl sites for hydroxylation is 2. The van der Waals surface area contributed by atoms with Crippen molar-refractivity contribution in [1.29, 1.82) is 0 Å². The van der Waals surface area contributed by atoms with E-state index in [4.69, 9.17) is 11.6 Å². The standard InChI is InChI=1S/C22H22ClN5O4/c1-26-18-19(25-21(26)24-10-9-13-5-8-16(29)17(30)11-13)27(2)22(32)28(20(18)31)12-14-3-6-15(23)7-4-14/h3-8,11,29-30H,9-10,12H2,1-2H3,(H,24,25). The summed E-state index contributed by atoms with van der Waals surface area (Å²) in [4.78, 5) is 30.4. The van der Waals surface area contributed by atoms with Gasteiger partial charge >= 0.3 is 5.69 Å². The number of rotatable bonds is 6. The van der Waals surface area contributed by atoms with Crippen LogP contribution in [-0.4, -0.2) is 35.4 Å². The number of fused-ring (bicyclic) bond motifs is 1. The van der Waals surface area contributed by atoms with Gasteiger partial charge in [0.25, 0.3) is 5.56 Å². The van der Waals surface area contributed by atoms with E-state index in [-0.39, 0.29) is 18.0 Å². The quantitative estimate of drug-likeness (QED) is 0.384. The van der Waals surface area contributed by atoms with Gasteiger partial charge in [-0.2, -0.15) is 4.98 Å². The minimum absolute atomic E-state index is 0.122. The molecule has 0 aliphatic heterocycles. The van der Waals surface area contributed by atoms with Gasteiger partial charge in [-0.3, -0.25) is 13.9 Å². The third-order valence-corrected chi connectivity index (χ3v) is 5.60. The van der Waals surface area contributed by atoms with Gasteiger partial charge in [-0.05, 0) is 41.8 Å². The third kappa shape index (κ3) is 3.94. The van der Waals surface area contributed by atoms with Crippen molar-refractivity contribution in [1.82, 2.24) is 18.7 Å². The van der Waals surface area contributed by atoms with Crippen LogP contribution in [0.5, 0.6) is 11.5 Å². The smallest absolute Gasteiger partial charge is 0.332 e. The lowest BCUT2D eigenvalue weighted by Gasteiger charge is -2.09. The van der Waals surface area contributed by atoms with Crippen LogP contribution in [0.2, 0.25) is 5.02 Å². The molecule has 0 radical (unpaired) electrons. The number of aromatic hydroxyl groups is 2. The van der Waals surface area contributed by atoms with Crippen molar-refractivity contribution in [2.24, 2.45) is 14.1 Å². The van der Waals surface area contributed by atoms with E-state index in [2.05, 4.69) is 10.3 Å². The number of imidazole rings is 1. The number of benzene rings is 2. The van der Waals surface area contributed by atoms with Crippen LogP contribution < -0.4 is 16.6 Å². The van der Waals surface area contributed by atoms with Crippen molar-refractivity contribution >= 4 is 28.7 Å². The first kappa shape index (κ1) is 21.5. The van der Waals surface area contributed by atoms with E-state index in [0.717, 1.165) is 11.1 Å². The van der Waals surface area contributed by atoms with E-state index >= 15 is 0 Å². The van der Waals surface area contributed by atoms with Crippen LogP contribution in [0.15, 0.2) is 52.1 Å². The molecular formula is C22H22ClN5O4. The first-order chi connectivity index (χ1) is 15.3. The molecule has 0 unspecified atom stereocenters. The molecule has 2 heterocycles. The number of hydrogen-bond acceptors (Lipinski definition) is 6. The maximum atomic E-state index is 13.2. The lowest BCUT2D eigenvalue weighted by Crippen LogP contribution is -2.39. The Hall–Kier alpha value is -3.72. The summed E-state index contributed by atoms with van der Waals surface area (Å²) in [6.45, 7) is 0.588. The van der Waals surface area contributed by atoms with Crippen LogP contribution in [-0.2, 0) is 27.1 Å². The first-order valence-corrected chi connectivity index (χ1v) is 10.3. The number of nitrogens with zero attached hydrogens (tertiary/aromatic N) is 4. The van der Waals surface area contributed by atoms with Crippen LogP contribution in [0.3, 0.4) is 0 Å². The minimum Gasteiger partial charge on any atom is -0.504 e. The molecule has 166 valence electrons. The van der Waals surface area contributed by atoms with Gasteiger partial charge in [0.05, 0.1) is 6.54 Å². The fourth-order valence-electron chi connectivity index (χ4n) is 3.56. The zero-order valence-electron chi connectivity index (χ0n) is 17.5. The highest BCUT2D eigenvalue weighted by Crippen LogP contribution is 2.25. The molecule has 0 spiro atoms. The monoisotopic (exact) mass is 455 g/mol. The maximum Gasteiger partial charge on any atom is 0.332 e. The van der Waals surface area contributed by atoms with Gasteiger partial charge < -0.3 is 20.1 Å². The molecule has 0 saturated heterocycles. The second-order valence-corrected chi connectivity index (χ2v) is 7.96. The van der Waals surface area contributed by atoms with E-state index < -0.39 is 11.2 Å². The van der Waals surface area contributed by atoms with Gasteiger partial charge in [-0.25, -0.2) is 4.79 Å². The topological polar surface area (TPSA) is 114 Å². The summed E-state index contributed by atoms with van der Waals surface area (Å²) in [7, 11) is 3.29. The zero-order valence-corrected chi connectivity index (χ0v) is 18.3. The van der Waals surface area contributed by atoms with E-state index in [1.807, 2.05) is 0 Å². The Morgan fingerprint density at radius 1 is 0.969 bits per heavy atom. The number of nitrogens with one attached hydrogen (secondary N) is 1. The zero-order chi connectivity index (χ0) is 23.0. The normalized spacial score (nSPS) is 11.2. The molecule has 4 aromatic rings. The lowest BCUT2D eigenvalue weighted by atomic mass is 10.1. The minimum atomic E-state index is -0.457. The molecule has 2 aromatic heterocycles. The Balaban J connectivity index is 1.63. The van der Waals surface area contributed by atoms with Crippen molar-refractivity contribution in [3.8, 4) is 11.5 Å². The molecule has 0 atom stereocenters. The van der Waals surface area contributed by atoms with Crippen molar-refractivity contribution in [2.45, 2.75) is 13.0 Å². The Kier molecular flexibility index (Phi) is 5.67. The molecule has 0 fully saturated rings. The Bertz CT molecular complexity index is 1420. The second-order valence-electron chi connectivity index (χ2n) is 7.53. The van der Waals surface area contributed by atoms with Crippen molar-refractivity contribution < 1.29 is 10.2 Å². The van der Waals surface area contributed by atoms with Gasteiger partial charge in [0, 0.05) is 25.7 Å². The highest BCUT2D eigenvalue weighted by molar-refractivity contribution is 6.30. The summed E-state index contributed by atoms with van der Waals surface area (Å²) in [5.74, 6) is 0.0914. The summed E-state index contributed by atoms with van der Waals surface area (Å²) < 4.78 is 4.16. The van der Waals surface area contributed by atoms with Gasteiger partial charge in [-0.1, -0.05) is 29.8 Å². The van der Waals surface area contributed by atoms with Crippen molar-refractivity contribution in [2.75, 3.05) is 11.9 Å². The number of halogens is 1. The predicted octanol–water partition coefficient (Wildman–Crippen LogP) is 2.20. The fourth-order valence-corrected chi connectivity index (χ4v) is 3.68. The number of hydrogen-bond donors (Lipinski definition) is 3. The number of phenolic OH excluding ortho intramolecular Hbond substituents is 2. The lowest BCUT2D eigenvalue weighted by molar-refractivity contribution is 0.403. The molecular weight excluding hydrogens is 434 g/mol. The SMILES string of the molecule is Cn1c(NCCc2ccc(O)c(O)c2)nc2c1c(=O)n(Cc1ccc(Cl)cc1)c(=O)n2C. The Morgan fingerprint density at radius 3 is 2.34 bits per heavy atom. The number of phenols is 2. The molecule has 2 aromatic carbocycles. The second kappa shape index (κ2) is 8.43. The van der Waals surface area contributed by atoms with Gasteiger partial charge in [0.15, 0.2) is 22.7 Å². The van der Waals surface area contributed by atoms with Crippen molar-refractivity contribution in [3.05, 3.63) is 79.5 Å². The largest absolute Gasteiger partial charge is 0.504 e. The molecule has 4 rings (SSSR count). The van der Waals surface area contributed by atoms with Crippen molar-refractivity contribution in [3.63, 3.8) is 0 Å². The van der Waals surface area contributed by atoms with Gasteiger partial charge in [0.2, 0.25) is 5.95 Å². The van der Waals surface area contributed by atoms with Crippen LogP contribution in [0.25, 0.3) is 11.2 Å². The Morgan fingerprint density at radius 2 is 1.66 bits per heavy atom. The van der Waals surface area contributed by atoms with Crippen LogP contribution in [0.4, 0.5) is 5.95 Å². The molecule has 3 N–H and O–H groups in total. The number of aromatic nitrogens is 4. The Labute approximate surface area is 187 Å². The summed E-state index contributed by atoms with van der Waals surface area (Å²) in [6.07, 6.45) is 0.552. The average Bonchev–Trinajstić information content (AvgIpc) is 3.10. The van der Waals surface area contributed by atoms with E-state index in [1.54, 1.807) is 49.0 Å². The van der Waals surface area contributed by atoms with E-state index in [0.29, 0.717) is 35.1 Å². The first-order valence-electron chi connectivity index (χ1n) is 9.91. The maximum absolute atomic E-state index is 13.2. The summed E-state index contributed by atoms with van der Waals surface area (Å²) in [5.41, 5.74) is 1.33. The van der Waals surface area contributed by atoms with Crippen LogP contribution in [0.1, 0.15) is 11.1 Å². The highest BCUT2D eigenvalue weighted by atomic mass is 35.5. The molecule has 9 nitrogen and oxygen atoms in total. The summed E-state index contributed by atoms with van der Waals surface area (Å²) in [6, 6.07) is 11.6. The fraction of sp³-hybridized carbons (Fsp3) is 0.227. The molecule has 32 heavy (non-hydrogen) atoms. The third-order valence-electron chi connectivity index (χ3n) is 5.35. The molecule has 0 saturated carbocycles. The summed E-state index contributed by atoms with van der Waals surface area (Å²) >= 11 is 5.92. The van der Waals surface area contributed by atoms with Gasteiger partial charge in [0.1, 0.15) is 0 Å². The molecule has 0 amide bonds. The molecule has 10 heteroatoms. The summed E-state index contributed by atoms with van der Waals surface area (Å²) in [5, 5.41) is 22.8. The van der Waals surface area contributed by atoms with E-state index in [9.17, 15) is 19.8 Å². The molecule has 0 bridgehead atoms. The van der Waals surface area contributed by atoms with Crippen LogP contribution >= 0.6 is 11.6 Å². The number of anilines is 1. The molecule has 0 aliphatic rings. The average molecular weight is 456 g/mol. The van der Waals surface area contributed by atoms with Crippen LogP contribution in [0, 0.1) is 0 Å². The predicted molar refractivity (Wildman–Crippen MR) is 123 cm³/mol. The highest BCUT2D eigenvalue weighted by Gasteiger charge is 2.18. The molecule has 0 aliphatic carbocycles. The van der Waals surface area contributed by atoms with Gasteiger partial charge in [-0.15, -0.1) is 0 Å². The van der Waals surface area contributed by atoms with E-state index in [1.165, 1.54) is 21.3 Å².